The topological polar surface area (TPSA) is 111 Å². The van der Waals surface area contributed by atoms with Crippen molar-refractivity contribution in [3.63, 3.8) is 0 Å². The van der Waals surface area contributed by atoms with Crippen molar-refractivity contribution in [3.8, 4) is 0 Å². The number of amides is 1. The average molecular weight is 1070 g/mol. The number of rotatable bonds is 60. The molecule has 74 heavy (non-hydrogen) atoms. The highest BCUT2D eigenvalue weighted by atomic mass is 31.2. The third-order valence-electron chi connectivity index (χ3n) is 15.0. The van der Waals surface area contributed by atoms with Crippen molar-refractivity contribution in [2.75, 3.05) is 40.9 Å². The van der Waals surface area contributed by atoms with E-state index in [2.05, 4.69) is 26.1 Å². The van der Waals surface area contributed by atoms with Crippen LogP contribution < -0.4 is 5.32 Å². The van der Waals surface area contributed by atoms with Crippen molar-refractivity contribution in [1.82, 2.24) is 5.32 Å². The van der Waals surface area contributed by atoms with E-state index in [1.54, 1.807) is 0 Å². The van der Waals surface area contributed by atoms with Crippen molar-refractivity contribution < 1.29 is 37.3 Å². The Morgan fingerprint density at radius 3 is 1.11 bits per heavy atom. The Hall–Kier alpha value is -1.25. The van der Waals surface area contributed by atoms with Gasteiger partial charge in [-0.15, -0.1) is 0 Å². The first-order valence-electron chi connectivity index (χ1n) is 32.5. The van der Waals surface area contributed by atoms with E-state index >= 15 is 0 Å². The lowest BCUT2D eigenvalue weighted by molar-refractivity contribution is -0.870. The van der Waals surface area contributed by atoms with E-state index in [0.29, 0.717) is 23.9 Å². The summed E-state index contributed by atoms with van der Waals surface area (Å²) < 4.78 is 30.7. The van der Waals surface area contributed by atoms with Crippen LogP contribution in [-0.4, -0.2) is 74.3 Å². The number of phosphoric ester groups is 1. The summed E-state index contributed by atoms with van der Waals surface area (Å²) in [7, 11) is 1.52. The fourth-order valence-corrected chi connectivity index (χ4v) is 10.7. The van der Waals surface area contributed by atoms with Crippen molar-refractivity contribution in [3.05, 3.63) is 12.2 Å². The maximum atomic E-state index is 13.6. The van der Waals surface area contributed by atoms with Gasteiger partial charge in [-0.2, -0.15) is 0 Å². The summed E-state index contributed by atoms with van der Waals surface area (Å²) in [6.07, 6.45) is 63.6. The van der Waals surface area contributed by atoms with E-state index in [1.807, 2.05) is 33.3 Å². The third-order valence-corrected chi connectivity index (χ3v) is 16.0. The predicted octanol–water partition coefficient (Wildman–Crippen LogP) is 20.0. The molecule has 0 heterocycles. The van der Waals surface area contributed by atoms with Gasteiger partial charge in [0.25, 0.3) is 0 Å². The minimum absolute atomic E-state index is 0.0458. The molecule has 0 rings (SSSR count). The zero-order valence-electron chi connectivity index (χ0n) is 50.4. The second-order valence-corrected chi connectivity index (χ2v) is 25.1. The molecule has 1 amide bonds. The van der Waals surface area contributed by atoms with Crippen molar-refractivity contribution in [1.29, 1.82) is 0 Å². The lowest BCUT2D eigenvalue weighted by Crippen LogP contribution is -2.47. The number of hydrogen-bond donors (Lipinski definition) is 2. The summed E-state index contributed by atoms with van der Waals surface area (Å²) in [6, 6.07) is -0.839. The first-order chi connectivity index (χ1) is 35.9. The summed E-state index contributed by atoms with van der Waals surface area (Å²) in [6.45, 7) is 7.07. The molecule has 0 saturated carbocycles. The maximum absolute atomic E-state index is 13.6. The van der Waals surface area contributed by atoms with Crippen LogP contribution in [0.2, 0.25) is 0 Å². The van der Waals surface area contributed by atoms with Gasteiger partial charge in [-0.1, -0.05) is 303 Å². The highest BCUT2D eigenvalue weighted by molar-refractivity contribution is 7.47. The number of phosphoric acid groups is 1. The van der Waals surface area contributed by atoms with Crippen LogP contribution in [0.3, 0.4) is 0 Å². The molecule has 0 aromatic carbocycles. The van der Waals surface area contributed by atoms with Crippen LogP contribution in [0.15, 0.2) is 12.2 Å². The largest absolute Gasteiger partial charge is 0.472 e. The minimum Gasteiger partial charge on any atom is -0.456 e. The van der Waals surface area contributed by atoms with Crippen molar-refractivity contribution in [2.24, 2.45) is 0 Å². The summed E-state index contributed by atoms with van der Waals surface area (Å²) >= 11 is 0. The molecule has 2 N–H and O–H groups in total. The van der Waals surface area contributed by atoms with E-state index in [9.17, 15) is 19.0 Å². The number of quaternary nitrogens is 1. The summed E-state index contributed by atoms with van der Waals surface area (Å²) in [5, 5.41) is 3.07. The van der Waals surface area contributed by atoms with Crippen LogP contribution in [0.25, 0.3) is 0 Å². The van der Waals surface area contributed by atoms with E-state index < -0.39 is 20.0 Å². The molecular weight excluding hydrogens is 940 g/mol. The standard InChI is InChI=1S/C64H127N2O7P/c1-7-10-13-16-19-22-25-28-29-30-31-32-33-34-35-36-37-39-41-44-47-50-53-56-63(67)65-61(60-72-74(69,70)71-59-58-66(4,5)6)62(55-52-49-46-43-40-27-24-21-18-15-12-9-3)73-64(68)57-54-51-48-45-42-38-26-23-20-17-14-11-8-2/h52,55,61-62H,7-51,53-54,56-60H2,1-6H3,(H-,65,67,69,70)/p+1/b55-52-. The number of ether oxygens (including phenoxy) is 1. The molecule has 3 unspecified atom stereocenters. The van der Waals surface area contributed by atoms with Gasteiger partial charge in [0, 0.05) is 12.8 Å². The summed E-state index contributed by atoms with van der Waals surface area (Å²) in [5.74, 6) is -0.483. The second-order valence-electron chi connectivity index (χ2n) is 23.7. The monoisotopic (exact) mass is 1070 g/mol. The van der Waals surface area contributed by atoms with Gasteiger partial charge in [-0.25, -0.2) is 4.57 Å². The molecular formula is C64H128N2O7P+. The molecule has 0 fully saturated rings. The molecule has 9 nitrogen and oxygen atoms in total. The number of hydrogen-bond acceptors (Lipinski definition) is 6. The van der Waals surface area contributed by atoms with Gasteiger partial charge in [0.05, 0.1) is 33.8 Å². The van der Waals surface area contributed by atoms with Crippen LogP contribution in [0, 0.1) is 0 Å². The lowest BCUT2D eigenvalue weighted by Gasteiger charge is -2.27. The molecule has 0 aromatic rings. The Labute approximate surface area is 461 Å². The van der Waals surface area contributed by atoms with Crippen LogP contribution in [0.1, 0.15) is 335 Å². The zero-order valence-corrected chi connectivity index (χ0v) is 51.3. The van der Waals surface area contributed by atoms with Gasteiger partial charge in [0.15, 0.2) is 0 Å². The van der Waals surface area contributed by atoms with E-state index in [4.69, 9.17) is 13.8 Å². The fraction of sp³-hybridized carbons (Fsp3) is 0.938. The van der Waals surface area contributed by atoms with Crippen LogP contribution in [0.5, 0.6) is 0 Å². The Bertz CT molecular complexity index is 1270. The first kappa shape index (κ1) is 72.8. The van der Waals surface area contributed by atoms with Crippen molar-refractivity contribution in [2.45, 2.75) is 348 Å². The second kappa shape index (κ2) is 55.1. The third kappa shape index (κ3) is 55.5. The van der Waals surface area contributed by atoms with Gasteiger partial charge < -0.3 is 19.4 Å². The molecule has 0 aliphatic rings. The molecule has 0 saturated heterocycles. The van der Waals surface area contributed by atoms with Gasteiger partial charge >= 0.3 is 13.8 Å². The lowest BCUT2D eigenvalue weighted by atomic mass is 10.0. The Kier molecular flexibility index (Phi) is 54.1. The zero-order chi connectivity index (χ0) is 54.3. The number of nitrogens with one attached hydrogen (secondary N) is 1. The van der Waals surface area contributed by atoms with Gasteiger partial charge in [0.2, 0.25) is 5.91 Å². The molecule has 440 valence electrons. The molecule has 0 aliphatic carbocycles. The molecule has 0 spiro atoms. The average Bonchev–Trinajstić information content (AvgIpc) is 3.36. The van der Waals surface area contributed by atoms with Crippen LogP contribution >= 0.6 is 7.82 Å². The van der Waals surface area contributed by atoms with E-state index in [0.717, 1.165) is 57.8 Å². The normalized spacial score (nSPS) is 13.7. The summed E-state index contributed by atoms with van der Waals surface area (Å²) in [5.41, 5.74) is 0. The molecule has 0 bridgehead atoms. The Morgan fingerprint density at radius 2 is 0.770 bits per heavy atom. The highest BCUT2D eigenvalue weighted by Gasteiger charge is 2.30. The fourth-order valence-electron chi connectivity index (χ4n) is 9.94. The SMILES string of the molecule is CCCCCCCCCCCC/C=C\C(OC(=O)CCCCCCCCCCCCCCC)C(COP(=O)(O)OCC[N+](C)(C)C)NC(=O)CCCCCCCCCCCCCCCCCCCCCCCCC. The smallest absolute Gasteiger partial charge is 0.456 e. The maximum Gasteiger partial charge on any atom is 0.472 e. The quantitative estimate of drug-likeness (QED) is 0.0205. The number of carbonyl (C=O) groups is 2. The van der Waals surface area contributed by atoms with Gasteiger partial charge in [0.1, 0.15) is 19.3 Å². The number of likely N-dealkylation sites (N-methyl/N-ethyl adjacent to an activating group) is 1. The number of allylic oxidation sites excluding steroid dienone is 1. The van der Waals surface area contributed by atoms with Crippen LogP contribution in [-0.2, 0) is 27.9 Å². The number of carbonyl (C=O) groups excluding carboxylic acids is 2. The van der Waals surface area contributed by atoms with Crippen LogP contribution in [0.4, 0.5) is 0 Å². The molecule has 10 heteroatoms. The minimum atomic E-state index is -4.44. The highest BCUT2D eigenvalue weighted by Crippen LogP contribution is 2.43. The van der Waals surface area contributed by atoms with Gasteiger partial charge in [-0.05, 0) is 31.8 Å². The number of unbranched alkanes of at least 4 members (excludes halogenated alkanes) is 44. The first-order valence-corrected chi connectivity index (χ1v) is 34.0. The summed E-state index contributed by atoms with van der Waals surface area (Å²) in [4.78, 5) is 37.7. The number of esters is 1. The number of nitrogens with zero attached hydrogens (tertiary/aromatic N) is 1. The molecule has 0 aromatic heterocycles. The van der Waals surface area contributed by atoms with Gasteiger partial charge in [-0.3, -0.25) is 18.6 Å². The molecule has 0 aliphatic heterocycles. The predicted molar refractivity (Wildman–Crippen MR) is 319 cm³/mol. The van der Waals surface area contributed by atoms with Crippen molar-refractivity contribution >= 4 is 19.7 Å². The molecule has 0 radical (unpaired) electrons. The molecule has 3 atom stereocenters. The van der Waals surface area contributed by atoms with E-state index in [-0.39, 0.29) is 25.1 Å². The Morgan fingerprint density at radius 1 is 0.459 bits per heavy atom. The van der Waals surface area contributed by atoms with E-state index in [1.165, 1.54) is 244 Å². The Balaban J connectivity index is 5.07.